The Morgan fingerprint density at radius 1 is 0.408 bits per heavy atom. The number of benzene rings is 7. The number of hydrogen-bond donors (Lipinski definition) is 0. The highest BCUT2D eigenvalue weighted by atomic mass is 16.3. The lowest BCUT2D eigenvalue weighted by molar-refractivity contribution is 0.669. The summed E-state index contributed by atoms with van der Waals surface area (Å²) in [7, 11) is 0. The summed E-state index contributed by atoms with van der Waals surface area (Å²) in [6, 6.07) is 49.7. The van der Waals surface area contributed by atoms with Gasteiger partial charge >= 0.3 is 0 Å². The summed E-state index contributed by atoms with van der Waals surface area (Å²) in [5.41, 5.74) is 9.26. The molecule has 0 aliphatic carbocycles. The van der Waals surface area contributed by atoms with Gasteiger partial charge in [0.2, 0.25) is 0 Å². The van der Waals surface area contributed by atoms with E-state index < -0.39 is 0 Å². The molecule has 0 spiro atoms. The first-order valence-electron chi connectivity index (χ1n) is 16.4. The zero-order valence-electron chi connectivity index (χ0n) is 26.5. The third-order valence-electron chi connectivity index (χ3n) is 9.47. The van der Waals surface area contributed by atoms with Crippen LogP contribution in [0.5, 0.6) is 0 Å². The molecule has 0 saturated carbocycles. The number of fused-ring (bicyclic) bond motifs is 8. The maximum atomic E-state index is 6.64. The molecule has 0 radical (unpaired) electrons. The van der Waals surface area contributed by atoms with Crippen LogP contribution in [-0.2, 0) is 0 Å². The molecule has 0 fully saturated rings. The minimum absolute atomic E-state index is 0.548. The van der Waals surface area contributed by atoms with Gasteiger partial charge in [0.25, 0.3) is 0 Å². The van der Waals surface area contributed by atoms with E-state index in [-0.39, 0.29) is 0 Å². The van der Waals surface area contributed by atoms with Crippen LogP contribution in [0.25, 0.3) is 99.9 Å². The molecule has 0 N–H and O–H groups in total. The third-order valence-corrected chi connectivity index (χ3v) is 9.47. The van der Waals surface area contributed by atoms with Crippen LogP contribution in [-0.4, -0.2) is 15.0 Å². The Morgan fingerprint density at radius 3 is 1.96 bits per heavy atom. The van der Waals surface area contributed by atoms with Gasteiger partial charge in [0.05, 0.1) is 5.56 Å². The second-order valence-corrected chi connectivity index (χ2v) is 12.4. The Labute approximate surface area is 281 Å². The lowest BCUT2D eigenvalue weighted by Gasteiger charge is -2.10. The first-order valence-corrected chi connectivity index (χ1v) is 16.4. The van der Waals surface area contributed by atoms with E-state index in [9.17, 15) is 0 Å². The van der Waals surface area contributed by atoms with Gasteiger partial charge in [0, 0.05) is 38.1 Å². The molecule has 0 saturated heterocycles. The lowest BCUT2D eigenvalue weighted by atomic mass is 9.99. The second-order valence-electron chi connectivity index (χ2n) is 12.4. The highest BCUT2D eigenvalue weighted by Gasteiger charge is 2.22. The number of nitrogens with zero attached hydrogens (tertiary/aromatic N) is 3. The number of furan rings is 2. The summed E-state index contributed by atoms with van der Waals surface area (Å²) < 4.78 is 13.2. The molecule has 5 nitrogen and oxygen atoms in total. The fraction of sp³-hybridized carbons (Fsp3) is 0.0227. The van der Waals surface area contributed by atoms with Crippen molar-refractivity contribution >= 4 is 54.6 Å². The molecule has 0 amide bonds. The average Bonchev–Trinajstić information content (AvgIpc) is 3.75. The standard InChI is InChI=1S/C44H27N3O2/c1-26-19-22-34(41-38(26)35-25-30(21-24-36(35)48-41)27-11-4-2-5-12-27)44-46-42(29-14-6-3-7-15-29)45-43(47-44)33-17-10-18-37-39(33)32-23-20-28-13-8-9-16-31(28)40(32)49-37/h2-25H,1H3. The largest absolute Gasteiger partial charge is 0.455 e. The van der Waals surface area contributed by atoms with Gasteiger partial charge in [-0.25, -0.2) is 15.0 Å². The maximum Gasteiger partial charge on any atom is 0.167 e. The molecule has 0 aliphatic rings. The Balaban J connectivity index is 1.23. The highest BCUT2D eigenvalue weighted by Crippen LogP contribution is 2.41. The second kappa shape index (κ2) is 10.7. The number of hydrogen-bond acceptors (Lipinski definition) is 5. The van der Waals surface area contributed by atoms with Crippen molar-refractivity contribution in [3.05, 3.63) is 151 Å². The van der Waals surface area contributed by atoms with Gasteiger partial charge in [-0.15, -0.1) is 0 Å². The zero-order chi connectivity index (χ0) is 32.5. The molecule has 230 valence electrons. The van der Waals surface area contributed by atoms with Crippen molar-refractivity contribution in [2.75, 3.05) is 0 Å². The topological polar surface area (TPSA) is 65.0 Å². The molecule has 10 rings (SSSR count). The monoisotopic (exact) mass is 629 g/mol. The Bertz CT molecular complexity index is 2890. The predicted octanol–water partition coefficient (Wildman–Crippen LogP) is 11.8. The first-order chi connectivity index (χ1) is 24.2. The Morgan fingerprint density at radius 2 is 1.12 bits per heavy atom. The van der Waals surface area contributed by atoms with Gasteiger partial charge in [-0.1, -0.05) is 115 Å². The minimum atomic E-state index is 0.548. The van der Waals surface area contributed by atoms with E-state index in [2.05, 4.69) is 91.9 Å². The van der Waals surface area contributed by atoms with Crippen LogP contribution in [0.1, 0.15) is 5.56 Å². The van der Waals surface area contributed by atoms with Gasteiger partial charge in [-0.05, 0) is 59.3 Å². The molecular weight excluding hydrogens is 603 g/mol. The van der Waals surface area contributed by atoms with E-state index in [1.807, 2.05) is 60.7 Å². The maximum absolute atomic E-state index is 6.64. The molecule has 3 aromatic heterocycles. The van der Waals surface area contributed by atoms with Crippen molar-refractivity contribution in [2.24, 2.45) is 0 Å². The fourth-order valence-corrected chi connectivity index (χ4v) is 7.11. The lowest BCUT2D eigenvalue weighted by Crippen LogP contribution is -2.00. The smallest absolute Gasteiger partial charge is 0.167 e. The van der Waals surface area contributed by atoms with E-state index in [4.69, 9.17) is 23.8 Å². The summed E-state index contributed by atoms with van der Waals surface area (Å²) in [5.74, 6) is 1.71. The van der Waals surface area contributed by atoms with Crippen LogP contribution in [0.15, 0.2) is 154 Å². The van der Waals surface area contributed by atoms with Crippen LogP contribution < -0.4 is 0 Å². The summed E-state index contributed by atoms with van der Waals surface area (Å²) in [5, 5.41) is 6.33. The van der Waals surface area contributed by atoms with Crippen molar-refractivity contribution in [2.45, 2.75) is 6.92 Å². The van der Waals surface area contributed by atoms with Crippen LogP contribution in [0.2, 0.25) is 0 Å². The third kappa shape index (κ3) is 4.36. The summed E-state index contributed by atoms with van der Waals surface area (Å²) in [6.07, 6.45) is 0. The van der Waals surface area contributed by atoms with Crippen molar-refractivity contribution in [3.63, 3.8) is 0 Å². The zero-order valence-corrected chi connectivity index (χ0v) is 26.5. The predicted molar refractivity (Wildman–Crippen MR) is 198 cm³/mol. The number of aryl methyl sites for hydroxylation is 1. The van der Waals surface area contributed by atoms with Crippen LogP contribution in [0.3, 0.4) is 0 Å². The molecule has 0 bridgehead atoms. The normalized spacial score (nSPS) is 11.8. The van der Waals surface area contributed by atoms with Crippen LogP contribution >= 0.6 is 0 Å². The van der Waals surface area contributed by atoms with E-state index in [1.165, 1.54) is 0 Å². The van der Waals surface area contributed by atoms with Crippen molar-refractivity contribution in [1.29, 1.82) is 0 Å². The Kier molecular flexibility index (Phi) is 6.02. The molecule has 49 heavy (non-hydrogen) atoms. The van der Waals surface area contributed by atoms with Crippen LogP contribution in [0, 0.1) is 6.92 Å². The number of rotatable bonds is 4. The molecular formula is C44H27N3O2. The van der Waals surface area contributed by atoms with E-state index in [0.717, 1.165) is 88.0 Å². The van der Waals surface area contributed by atoms with Crippen molar-refractivity contribution in [1.82, 2.24) is 15.0 Å². The van der Waals surface area contributed by atoms with Crippen molar-refractivity contribution in [3.8, 4) is 45.3 Å². The van der Waals surface area contributed by atoms with Crippen LogP contribution in [0.4, 0.5) is 0 Å². The Hall–Kier alpha value is -6.59. The fourth-order valence-electron chi connectivity index (χ4n) is 7.11. The summed E-state index contributed by atoms with van der Waals surface area (Å²) in [6.45, 7) is 2.12. The summed E-state index contributed by atoms with van der Waals surface area (Å²) >= 11 is 0. The summed E-state index contributed by atoms with van der Waals surface area (Å²) in [4.78, 5) is 15.4. The van der Waals surface area contributed by atoms with Crippen molar-refractivity contribution < 1.29 is 8.83 Å². The molecule has 5 heteroatoms. The van der Waals surface area contributed by atoms with Gasteiger partial charge in [-0.3, -0.25) is 0 Å². The molecule has 0 aliphatic heterocycles. The SMILES string of the molecule is Cc1ccc(-c2nc(-c3ccccc3)nc(-c3cccc4oc5c6ccccc6ccc5c34)n2)c2oc3ccc(-c4ccccc4)cc3c12. The molecule has 7 aromatic carbocycles. The first kappa shape index (κ1) is 27.5. The molecule has 0 unspecified atom stereocenters. The van der Waals surface area contributed by atoms with Gasteiger partial charge in [-0.2, -0.15) is 0 Å². The van der Waals surface area contributed by atoms with E-state index >= 15 is 0 Å². The van der Waals surface area contributed by atoms with E-state index in [0.29, 0.717) is 17.5 Å². The van der Waals surface area contributed by atoms with Gasteiger partial charge in [0.1, 0.15) is 22.3 Å². The quantitative estimate of drug-likeness (QED) is 0.194. The highest BCUT2D eigenvalue weighted by molar-refractivity contribution is 6.19. The van der Waals surface area contributed by atoms with Gasteiger partial charge in [0.15, 0.2) is 17.5 Å². The molecule has 3 heterocycles. The molecule has 0 atom stereocenters. The molecule has 10 aromatic rings. The number of aromatic nitrogens is 3. The average molecular weight is 630 g/mol. The van der Waals surface area contributed by atoms with E-state index in [1.54, 1.807) is 0 Å². The van der Waals surface area contributed by atoms with Gasteiger partial charge < -0.3 is 8.83 Å². The minimum Gasteiger partial charge on any atom is -0.455 e.